The summed E-state index contributed by atoms with van der Waals surface area (Å²) in [6.07, 6.45) is 0. The van der Waals surface area contributed by atoms with Gasteiger partial charge >= 0.3 is 0 Å². The average molecular weight is 370 g/mol. The molecule has 0 bridgehead atoms. The Labute approximate surface area is 157 Å². The molecule has 2 heterocycles. The number of carbonyl (C=O) groups excluding carboxylic acids is 1. The smallest absolute Gasteiger partial charge is 0.253 e. The summed E-state index contributed by atoms with van der Waals surface area (Å²) in [5.41, 5.74) is 2.78. The van der Waals surface area contributed by atoms with Crippen molar-refractivity contribution in [2.24, 2.45) is 0 Å². The topological polar surface area (TPSA) is 73.0 Å². The summed E-state index contributed by atoms with van der Waals surface area (Å²) in [4.78, 5) is 16.9. The van der Waals surface area contributed by atoms with E-state index in [4.69, 9.17) is 4.52 Å². The fourth-order valence-electron chi connectivity index (χ4n) is 2.87. The highest BCUT2D eigenvalue weighted by Gasteiger charge is 2.22. The third kappa shape index (κ3) is 3.92. The van der Waals surface area contributed by atoms with Gasteiger partial charge in [-0.1, -0.05) is 25.9 Å². The predicted molar refractivity (Wildman–Crippen MR) is 99.4 cm³/mol. The van der Waals surface area contributed by atoms with Gasteiger partial charge in [0.25, 0.3) is 5.91 Å². The lowest BCUT2D eigenvalue weighted by Gasteiger charge is -2.10. The van der Waals surface area contributed by atoms with Gasteiger partial charge in [-0.15, -0.1) is 0 Å². The van der Waals surface area contributed by atoms with Crippen LogP contribution in [-0.4, -0.2) is 20.6 Å². The Morgan fingerprint density at radius 2 is 1.89 bits per heavy atom. The molecule has 142 valence electrons. The molecule has 0 saturated carbocycles. The summed E-state index contributed by atoms with van der Waals surface area (Å²) in [6.45, 7) is 9.88. The van der Waals surface area contributed by atoms with Crippen LogP contribution in [0.3, 0.4) is 0 Å². The summed E-state index contributed by atoms with van der Waals surface area (Å²) in [5, 5.41) is 6.73. The molecule has 0 aliphatic carbocycles. The molecule has 3 aromatic rings. The van der Waals surface area contributed by atoms with Crippen molar-refractivity contribution in [2.75, 3.05) is 0 Å². The van der Waals surface area contributed by atoms with Crippen LogP contribution in [0.4, 0.5) is 4.39 Å². The van der Waals surface area contributed by atoms with E-state index in [1.54, 1.807) is 12.1 Å². The van der Waals surface area contributed by atoms with Crippen LogP contribution in [0.25, 0.3) is 5.69 Å². The quantitative estimate of drug-likeness (QED) is 0.757. The van der Waals surface area contributed by atoms with Gasteiger partial charge in [0, 0.05) is 22.5 Å². The highest BCUT2D eigenvalue weighted by atomic mass is 19.1. The van der Waals surface area contributed by atoms with Crippen molar-refractivity contribution >= 4 is 5.91 Å². The minimum Gasteiger partial charge on any atom is -0.345 e. The first-order chi connectivity index (χ1) is 12.7. The van der Waals surface area contributed by atoms with Crippen molar-refractivity contribution < 1.29 is 13.7 Å². The van der Waals surface area contributed by atoms with Crippen molar-refractivity contribution in [2.45, 2.75) is 46.6 Å². The van der Waals surface area contributed by atoms with Crippen molar-refractivity contribution in [3.8, 4) is 5.69 Å². The molecule has 0 fully saturated rings. The molecule has 2 aromatic heterocycles. The second kappa shape index (κ2) is 6.98. The number of hydrogen-bond acceptors (Lipinski definition) is 4. The highest BCUT2D eigenvalue weighted by molar-refractivity contribution is 5.95. The Kier molecular flexibility index (Phi) is 4.87. The van der Waals surface area contributed by atoms with E-state index in [0.29, 0.717) is 17.3 Å². The zero-order valence-electron chi connectivity index (χ0n) is 16.1. The van der Waals surface area contributed by atoms with Crippen LogP contribution in [0.1, 0.15) is 54.2 Å². The lowest BCUT2D eigenvalue weighted by atomic mass is 9.97. The molecule has 0 aliphatic heterocycles. The zero-order valence-corrected chi connectivity index (χ0v) is 16.1. The van der Waals surface area contributed by atoms with Gasteiger partial charge in [0.2, 0.25) is 5.89 Å². The largest absolute Gasteiger partial charge is 0.345 e. The normalized spacial score (nSPS) is 11.6. The minimum absolute atomic E-state index is 0.179. The molecular weight excluding hydrogens is 347 g/mol. The Bertz CT molecular complexity index is 965. The number of benzene rings is 1. The molecule has 0 atom stereocenters. The van der Waals surface area contributed by atoms with Crippen LogP contribution in [-0.2, 0) is 12.0 Å². The molecule has 27 heavy (non-hydrogen) atoms. The van der Waals surface area contributed by atoms with Crippen LogP contribution in [0.2, 0.25) is 0 Å². The summed E-state index contributed by atoms with van der Waals surface area (Å²) in [6, 6.07) is 7.98. The summed E-state index contributed by atoms with van der Waals surface area (Å²) >= 11 is 0. The van der Waals surface area contributed by atoms with E-state index >= 15 is 0 Å². The molecule has 6 nitrogen and oxygen atoms in total. The van der Waals surface area contributed by atoms with E-state index in [-0.39, 0.29) is 23.7 Å². The number of nitrogens with one attached hydrogen (secondary N) is 1. The Morgan fingerprint density at radius 3 is 2.48 bits per heavy atom. The number of halogens is 1. The molecule has 7 heteroatoms. The number of hydrogen-bond donors (Lipinski definition) is 1. The molecule has 0 radical (unpaired) electrons. The Morgan fingerprint density at radius 1 is 1.22 bits per heavy atom. The van der Waals surface area contributed by atoms with Crippen LogP contribution < -0.4 is 5.32 Å². The SMILES string of the molecule is Cc1cc(C(=O)NCc2noc(C(C)(C)C)n2)c(C)n1-c1ccc(F)cc1. The monoisotopic (exact) mass is 370 g/mol. The molecule has 3 rings (SSSR count). The molecular formula is C20H23FN4O2. The Balaban J connectivity index is 1.77. The number of nitrogens with zero attached hydrogens (tertiary/aromatic N) is 3. The zero-order chi connectivity index (χ0) is 19.8. The molecule has 1 aromatic carbocycles. The van der Waals surface area contributed by atoms with Crippen LogP contribution in [0.15, 0.2) is 34.9 Å². The van der Waals surface area contributed by atoms with Gasteiger partial charge in [0.05, 0.1) is 12.1 Å². The van der Waals surface area contributed by atoms with E-state index in [9.17, 15) is 9.18 Å². The molecule has 1 amide bonds. The van der Waals surface area contributed by atoms with Crippen LogP contribution in [0, 0.1) is 19.7 Å². The van der Waals surface area contributed by atoms with Gasteiger partial charge < -0.3 is 14.4 Å². The predicted octanol–water partition coefficient (Wildman–Crippen LogP) is 3.84. The van der Waals surface area contributed by atoms with E-state index in [1.807, 2.05) is 45.3 Å². The molecule has 1 N–H and O–H groups in total. The third-order valence-electron chi connectivity index (χ3n) is 4.28. The maximum Gasteiger partial charge on any atom is 0.253 e. The van der Waals surface area contributed by atoms with E-state index in [0.717, 1.165) is 17.1 Å². The fraction of sp³-hybridized carbons (Fsp3) is 0.350. The second-order valence-corrected chi connectivity index (χ2v) is 7.55. The van der Waals surface area contributed by atoms with Gasteiger partial charge in [0.15, 0.2) is 5.82 Å². The summed E-state index contributed by atoms with van der Waals surface area (Å²) in [7, 11) is 0. The van der Waals surface area contributed by atoms with Crippen molar-refractivity contribution in [3.63, 3.8) is 0 Å². The second-order valence-electron chi connectivity index (χ2n) is 7.55. The summed E-state index contributed by atoms with van der Waals surface area (Å²) in [5.74, 6) is 0.439. The van der Waals surface area contributed by atoms with E-state index in [1.165, 1.54) is 12.1 Å². The van der Waals surface area contributed by atoms with Gasteiger partial charge in [-0.05, 0) is 44.2 Å². The third-order valence-corrected chi connectivity index (χ3v) is 4.28. The first-order valence-electron chi connectivity index (χ1n) is 8.73. The maximum absolute atomic E-state index is 13.2. The van der Waals surface area contributed by atoms with Crippen LogP contribution >= 0.6 is 0 Å². The molecule has 0 unspecified atom stereocenters. The lowest BCUT2D eigenvalue weighted by molar-refractivity contribution is 0.0949. The van der Waals surface area contributed by atoms with Gasteiger partial charge in [0.1, 0.15) is 5.82 Å². The minimum atomic E-state index is -0.297. The number of aromatic nitrogens is 3. The summed E-state index contributed by atoms with van der Waals surface area (Å²) < 4.78 is 20.3. The fourth-order valence-corrected chi connectivity index (χ4v) is 2.87. The molecule has 0 aliphatic rings. The van der Waals surface area contributed by atoms with Crippen molar-refractivity contribution in [1.82, 2.24) is 20.0 Å². The number of aryl methyl sites for hydroxylation is 1. The molecule has 0 saturated heterocycles. The maximum atomic E-state index is 13.2. The van der Waals surface area contributed by atoms with Gasteiger partial charge in [-0.3, -0.25) is 4.79 Å². The van der Waals surface area contributed by atoms with Crippen LogP contribution in [0.5, 0.6) is 0 Å². The highest BCUT2D eigenvalue weighted by Crippen LogP contribution is 2.22. The van der Waals surface area contributed by atoms with Crippen molar-refractivity contribution in [3.05, 3.63) is 64.8 Å². The van der Waals surface area contributed by atoms with Gasteiger partial charge in [-0.25, -0.2) is 4.39 Å². The first-order valence-corrected chi connectivity index (χ1v) is 8.73. The van der Waals surface area contributed by atoms with Gasteiger partial charge in [-0.2, -0.15) is 4.98 Å². The standard InChI is InChI=1S/C20H23FN4O2/c1-12-10-16(13(2)25(12)15-8-6-14(21)7-9-15)18(26)22-11-17-23-19(27-24-17)20(3,4)5/h6-10H,11H2,1-5H3,(H,22,26). The number of amides is 1. The van der Waals surface area contributed by atoms with E-state index < -0.39 is 0 Å². The van der Waals surface area contributed by atoms with E-state index in [2.05, 4.69) is 15.5 Å². The average Bonchev–Trinajstić information content (AvgIpc) is 3.19. The molecule has 0 spiro atoms. The Hall–Kier alpha value is -2.96. The number of rotatable bonds is 4. The first kappa shape index (κ1) is 18.8. The van der Waals surface area contributed by atoms with Crippen molar-refractivity contribution in [1.29, 1.82) is 0 Å². The number of carbonyl (C=O) groups is 1. The lowest BCUT2D eigenvalue weighted by Crippen LogP contribution is -2.24.